The van der Waals surface area contributed by atoms with E-state index in [4.69, 9.17) is 0 Å². The van der Waals surface area contributed by atoms with Crippen molar-refractivity contribution in [3.63, 3.8) is 0 Å². The third-order valence-corrected chi connectivity index (χ3v) is 6.33. The van der Waals surface area contributed by atoms with Gasteiger partial charge in [0.15, 0.2) is 5.82 Å². The Kier molecular flexibility index (Phi) is 5.67. The number of hydrogen-bond donors (Lipinski definition) is 0. The molecular formula is C21H27F3N6O. The van der Waals surface area contributed by atoms with Crippen LogP contribution in [0.15, 0.2) is 18.3 Å². The van der Waals surface area contributed by atoms with Gasteiger partial charge in [0, 0.05) is 51.0 Å². The van der Waals surface area contributed by atoms with E-state index < -0.39 is 11.7 Å². The first-order valence-electron chi connectivity index (χ1n) is 10.4. The van der Waals surface area contributed by atoms with Gasteiger partial charge in [-0.15, -0.1) is 0 Å². The number of piperidine rings is 1. The predicted octanol–water partition coefficient (Wildman–Crippen LogP) is 2.56. The molecule has 7 nitrogen and oxygen atoms in total. The van der Waals surface area contributed by atoms with Gasteiger partial charge in [0.2, 0.25) is 0 Å². The topological polar surface area (TPSA) is 57.5 Å². The molecule has 0 aromatic carbocycles. The zero-order chi connectivity index (χ0) is 22.3. The highest BCUT2D eigenvalue weighted by Crippen LogP contribution is 2.30. The van der Waals surface area contributed by atoms with Crippen molar-refractivity contribution in [2.45, 2.75) is 38.0 Å². The van der Waals surface area contributed by atoms with Gasteiger partial charge in [-0.3, -0.25) is 4.79 Å². The quantitative estimate of drug-likeness (QED) is 0.740. The molecule has 0 N–H and O–H groups in total. The number of halogens is 3. The molecule has 2 aliphatic heterocycles. The normalized spacial score (nSPS) is 17.9. The number of fused-ring (bicyclic) bond motifs is 1. The van der Waals surface area contributed by atoms with E-state index in [9.17, 15) is 18.0 Å². The van der Waals surface area contributed by atoms with Crippen LogP contribution in [0.2, 0.25) is 0 Å². The van der Waals surface area contributed by atoms with Crippen molar-refractivity contribution < 1.29 is 18.0 Å². The minimum absolute atomic E-state index is 0.0617. The number of hydrogen-bond acceptors (Lipinski definition) is 5. The van der Waals surface area contributed by atoms with Crippen LogP contribution < -0.4 is 4.90 Å². The summed E-state index contributed by atoms with van der Waals surface area (Å²) in [5.74, 6) is 0.840. The molecule has 0 spiro atoms. The zero-order valence-corrected chi connectivity index (χ0v) is 18.0. The van der Waals surface area contributed by atoms with Gasteiger partial charge in [0.25, 0.3) is 5.91 Å². The van der Waals surface area contributed by atoms with Crippen LogP contribution in [-0.2, 0) is 26.2 Å². The highest BCUT2D eigenvalue weighted by Gasteiger charge is 2.32. The van der Waals surface area contributed by atoms with Gasteiger partial charge in [-0.2, -0.15) is 13.2 Å². The fourth-order valence-corrected chi connectivity index (χ4v) is 4.38. The fraction of sp³-hybridized carbons (Fsp3) is 0.571. The average Bonchev–Trinajstić information content (AvgIpc) is 3.08. The van der Waals surface area contributed by atoms with E-state index in [0.29, 0.717) is 50.3 Å². The van der Waals surface area contributed by atoms with Gasteiger partial charge in [-0.05, 0) is 39.1 Å². The lowest BCUT2D eigenvalue weighted by Gasteiger charge is -2.35. The van der Waals surface area contributed by atoms with Crippen LogP contribution in [0.4, 0.5) is 19.0 Å². The Hall–Kier alpha value is -2.62. The lowest BCUT2D eigenvalue weighted by molar-refractivity contribution is -0.137. The largest absolute Gasteiger partial charge is 0.417 e. The maximum Gasteiger partial charge on any atom is 0.417 e. The smallest absolute Gasteiger partial charge is 0.350 e. The number of pyridine rings is 1. The van der Waals surface area contributed by atoms with Crippen molar-refractivity contribution in [2.24, 2.45) is 7.05 Å². The zero-order valence-electron chi connectivity index (χ0n) is 18.0. The van der Waals surface area contributed by atoms with Gasteiger partial charge in [-0.1, -0.05) is 0 Å². The van der Waals surface area contributed by atoms with Crippen molar-refractivity contribution >= 4 is 11.7 Å². The lowest BCUT2D eigenvalue weighted by atomic mass is 10.0. The molecule has 0 aliphatic carbocycles. The van der Waals surface area contributed by atoms with Crippen LogP contribution >= 0.6 is 0 Å². The van der Waals surface area contributed by atoms with E-state index >= 15 is 0 Å². The van der Waals surface area contributed by atoms with Crippen LogP contribution in [0.3, 0.4) is 0 Å². The van der Waals surface area contributed by atoms with Crippen molar-refractivity contribution in [2.75, 3.05) is 38.6 Å². The first kappa shape index (κ1) is 21.6. The molecule has 1 saturated heterocycles. The van der Waals surface area contributed by atoms with Gasteiger partial charge >= 0.3 is 6.18 Å². The molecule has 1 amide bonds. The van der Waals surface area contributed by atoms with E-state index in [1.807, 2.05) is 21.4 Å². The van der Waals surface area contributed by atoms with Gasteiger partial charge in [0.1, 0.15) is 5.82 Å². The van der Waals surface area contributed by atoms with Crippen LogP contribution in [0.1, 0.15) is 40.4 Å². The molecule has 2 aromatic rings. The molecule has 4 heterocycles. The summed E-state index contributed by atoms with van der Waals surface area (Å²) < 4.78 is 40.2. The average molecular weight is 436 g/mol. The van der Waals surface area contributed by atoms with Crippen LogP contribution in [0, 0.1) is 0 Å². The summed E-state index contributed by atoms with van der Waals surface area (Å²) in [4.78, 5) is 27.7. The maximum atomic E-state index is 13.1. The van der Waals surface area contributed by atoms with Crippen molar-refractivity contribution in [3.05, 3.63) is 41.1 Å². The summed E-state index contributed by atoms with van der Waals surface area (Å²) in [6, 6.07) is 2.92. The summed E-state index contributed by atoms with van der Waals surface area (Å²) in [5.41, 5.74) is 1.01. The molecule has 0 unspecified atom stereocenters. The number of carbonyl (C=O) groups is 1. The summed E-state index contributed by atoms with van der Waals surface area (Å²) in [6.07, 6.45) is -1.02. The third kappa shape index (κ3) is 4.26. The molecule has 168 valence electrons. The Morgan fingerprint density at radius 2 is 1.87 bits per heavy atom. The van der Waals surface area contributed by atoms with E-state index in [-0.39, 0.29) is 5.91 Å². The molecule has 0 atom stereocenters. The van der Waals surface area contributed by atoms with Crippen LogP contribution in [0.5, 0.6) is 0 Å². The lowest BCUT2D eigenvalue weighted by Crippen LogP contribution is -2.45. The fourth-order valence-electron chi connectivity index (χ4n) is 4.38. The highest BCUT2D eigenvalue weighted by atomic mass is 19.4. The molecular weight excluding hydrogens is 409 g/mol. The number of rotatable bonds is 3. The number of nitrogens with zero attached hydrogens (tertiary/aromatic N) is 6. The first-order chi connectivity index (χ1) is 14.6. The van der Waals surface area contributed by atoms with Crippen LogP contribution in [0.25, 0.3) is 0 Å². The Labute approximate surface area is 179 Å². The standard InChI is InChI=1S/C21H27F3N6O/c1-27(2)15-6-9-29(10-7-15)20(31)19-26-16-13-30(11-8-17(16)28(19)3)18-5-4-14(12-25-18)21(22,23)24/h4-5,12,15H,6-11,13H2,1-3H3. The second kappa shape index (κ2) is 8.14. The van der Waals surface area contributed by atoms with Crippen molar-refractivity contribution in [1.29, 1.82) is 0 Å². The van der Waals surface area contributed by atoms with E-state index in [2.05, 4.69) is 29.0 Å². The van der Waals surface area contributed by atoms with Crippen LogP contribution in [-0.4, -0.2) is 70.0 Å². The van der Waals surface area contributed by atoms with E-state index in [1.54, 1.807) is 0 Å². The monoisotopic (exact) mass is 436 g/mol. The van der Waals surface area contributed by atoms with E-state index in [1.165, 1.54) is 6.07 Å². The van der Waals surface area contributed by atoms with Gasteiger partial charge in [0.05, 0.1) is 17.8 Å². The third-order valence-electron chi connectivity index (χ3n) is 6.33. The second-order valence-electron chi connectivity index (χ2n) is 8.45. The number of alkyl halides is 3. The number of likely N-dealkylation sites (tertiary alicyclic amines) is 1. The SMILES string of the molecule is CN(C)C1CCN(C(=O)c2nc3c(n2C)CCN(c2ccc(C(F)(F)F)cn2)C3)CC1. The maximum absolute atomic E-state index is 13.1. The summed E-state index contributed by atoms with van der Waals surface area (Å²) in [6.45, 7) is 2.44. The summed E-state index contributed by atoms with van der Waals surface area (Å²) in [5, 5.41) is 0. The number of imidazole rings is 1. The molecule has 1 fully saturated rings. The Bertz CT molecular complexity index is 945. The number of carbonyl (C=O) groups excluding carboxylic acids is 1. The van der Waals surface area contributed by atoms with Gasteiger partial charge in [-0.25, -0.2) is 9.97 Å². The Balaban J connectivity index is 1.48. The van der Waals surface area contributed by atoms with Gasteiger partial charge < -0.3 is 19.3 Å². The highest BCUT2D eigenvalue weighted by molar-refractivity contribution is 5.91. The molecule has 2 aromatic heterocycles. The van der Waals surface area contributed by atoms with Crippen molar-refractivity contribution in [1.82, 2.24) is 24.3 Å². The molecule has 4 rings (SSSR count). The first-order valence-corrected chi connectivity index (χ1v) is 10.4. The summed E-state index contributed by atoms with van der Waals surface area (Å²) >= 11 is 0. The minimum Gasteiger partial charge on any atom is -0.350 e. The minimum atomic E-state index is -4.40. The molecule has 0 bridgehead atoms. The predicted molar refractivity (Wildman–Crippen MR) is 110 cm³/mol. The molecule has 31 heavy (non-hydrogen) atoms. The molecule has 2 aliphatic rings. The second-order valence-corrected chi connectivity index (χ2v) is 8.45. The summed E-state index contributed by atoms with van der Waals surface area (Å²) in [7, 11) is 5.98. The van der Waals surface area contributed by atoms with Crippen molar-refractivity contribution in [3.8, 4) is 0 Å². The number of amides is 1. The van der Waals surface area contributed by atoms with E-state index in [0.717, 1.165) is 36.5 Å². The molecule has 0 saturated carbocycles. The molecule has 10 heteroatoms. The molecule has 0 radical (unpaired) electrons. The number of anilines is 1. The number of aromatic nitrogens is 3. The Morgan fingerprint density at radius 3 is 2.45 bits per heavy atom. The Morgan fingerprint density at radius 1 is 1.16 bits per heavy atom.